The van der Waals surface area contributed by atoms with Crippen LogP contribution >= 0.6 is 0 Å². The number of carbonyl (C=O) groups excluding carboxylic acids is 1. The Kier molecular flexibility index (Phi) is 4.02. The summed E-state index contributed by atoms with van der Waals surface area (Å²) < 4.78 is 0. The number of hydrogen-bond acceptors (Lipinski definition) is 5. The number of nitro benzene ring substituents is 1. The zero-order valence-electron chi connectivity index (χ0n) is 12.7. The minimum atomic E-state index is -0.630. The molecule has 8 nitrogen and oxygen atoms in total. The summed E-state index contributed by atoms with van der Waals surface area (Å²) in [6.45, 7) is 1.75. The molecule has 8 heteroatoms. The first-order valence-electron chi connectivity index (χ1n) is 7.10. The van der Waals surface area contributed by atoms with E-state index in [2.05, 4.69) is 15.7 Å². The highest BCUT2D eigenvalue weighted by Crippen LogP contribution is 2.20. The predicted molar refractivity (Wildman–Crippen MR) is 87.0 cm³/mol. The molecule has 0 aliphatic carbocycles. The van der Waals surface area contributed by atoms with Gasteiger partial charge in [-0.2, -0.15) is 4.79 Å². The van der Waals surface area contributed by atoms with Gasteiger partial charge in [0.25, 0.3) is 11.6 Å². The van der Waals surface area contributed by atoms with E-state index in [1.165, 1.54) is 23.0 Å². The zero-order chi connectivity index (χ0) is 17.1. The molecule has 0 unspecified atom stereocenters. The van der Waals surface area contributed by atoms with Gasteiger partial charge in [-0.15, -0.1) is 5.10 Å². The molecule has 24 heavy (non-hydrogen) atoms. The van der Waals surface area contributed by atoms with Gasteiger partial charge in [0, 0.05) is 11.6 Å². The standard InChI is InChI=1S/C16H13N5O3/c1-11-15(12-7-3-2-4-8-12)17-19-20(11)18-16(22)13-9-5-6-10-14(13)21(23)24/h2-10H,1H3,(H,18,22). The van der Waals surface area contributed by atoms with Gasteiger partial charge in [0.05, 0.1) is 10.6 Å². The Morgan fingerprint density at radius 3 is 2.50 bits per heavy atom. The predicted octanol–water partition coefficient (Wildman–Crippen LogP) is 2.55. The van der Waals surface area contributed by atoms with E-state index in [-0.39, 0.29) is 11.3 Å². The number of amides is 1. The highest BCUT2D eigenvalue weighted by atomic mass is 16.6. The van der Waals surface area contributed by atoms with Crippen molar-refractivity contribution in [2.24, 2.45) is 0 Å². The molecule has 1 amide bonds. The quantitative estimate of drug-likeness (QED) is 0.587. The van der Waals surface area contributed by atoms with Crippen LogP contribution in [0, 0.1) is 17.0 Å². The fourth-order valence-corrected chi connectivity index (χ4v) is 2.28. The largest absolute Gasteiger partial charge is 0.282 e. The van der Waals surface area contributed by atoms with Crippen molar-refractivity contribution in [3.63, 3.8) is 0 Å². The van der Waals surface area contributed by atoms with Crippen molar-refractivity contribution in [3.8, 4) is 11.3 Å². The van der Waals surface area contributed by atoms with Crippen LogP contribution in [0.25, 0.3) is 11.3 Å². The van der Waals surface area contributed by atoms with E-state index >= 15 is 0 Å². The lowest BCUT2D eigenvalue weighted by atomic mass is 10.1. The average Bonchev–Trinajstić information content (AvgIpc) is 2.96. The molecule has 0 aliphatic rings. The third-order valence-corrected chi connectivity index (χ3v) is 3.49. The Hall–Kier alpha value is -3.55. The Bertz CT molecular complexity index is 905. The highest BCUT2D eigenvalue weighted by molar-refractivity contribution is 6.03. The summed E-state index contributed by atoms with van der Waals surface area (Å²) in [5.74, 6) is -0.630. The van der Waals surface area contributed by atoms with Gasteiger partial charge in [-0.25, -0.2) is 5.43 Å². The Labute approximate surface area is 136 Å². The minimum absolute atomic E-state index is 0.0429. The smallest absolute Gasteiger partial charge is 0.267 e. The number of nitrogens with zero attached hydrogens (tertiary/aromatic N) is 4. The minimum Gasteiger partial charge on any atom is -0.267 e. The highest BCUT2D eigenvalue weighted by Gasteiger charge is 2.21. The second-order valence-corrected chi connectivity index (χ2v) is 5.02. The molecule has 1 heterocycles. The molecule has 1 N–H and O–H groups in total. The lowest BCUT2D eigenvalue weighted by Gasteiger charge is -2.06. The fraction of sp³-hybridized carbons (Fsp3) is 0.0625. The van der Waals surface area contributed by atoms with Gasteiger partial charge >= 0.3 is 0 Å². The molecule has 3 rings (SSSR count). The van der Waals surface area contributed by atoms with E-state index in [1.54, 1.807) is 13.0 Å². The van der Waals surface area contributed by atoms with Gasteiger partial charge in [0.15, 0.2) is 0 Å². The van der Waals surface area contributed by atoms with Crippen LogP contribution in [-0.2, 0) is 0 Å². The Morgan fingerprint density at radius 1 is 1.12 bits per heavy atom. The number of nitro groups is 1. The maximum absolute atomic E-state index is 12.3. The van der Waals surface area contributed by atoms with E-state index < -0.39 is 10.8 Å². The number of hydrogen-bond donors (Lipinski definition) is 1. The molecule has 0 radical (unpaired) electrons. The van der Waals surface area contributed by atoms with Crippen LogP contribution in [0.5, 0.6) is 0 Å². The van der Waals surface area contributed by atoms with Gasteiger partial charge in [-0.05, 0) is 18.2 Å². The van der Waals surface area contributed by atoms with Crippen molar-refractivity contribution in [2.75, 3.05) is 5.43 Å². The number of carbonyl (C=O) groups is 1. The summed E-state index contributed by atoms with van der Waals surface area (Å²) in [6.07, 6.45) is 0. The summed E-state index contributed by atoms with van der Waals surface area (Å²) in [7, 11) is 0. The van der Waals surface area contributed by atoms with Crippen molar-refractivity contribution in [1.82, 2.24) is 15.1 Å². The van der Waals surface area contributed by atoms with Gasteiger partial charge in [0.2, 0.25) is 0 Å². The number of para-hydroxylation sites is 1. The van der Waals surface area contributed by atoms with Crippen LogP contribution in [0.1, 0.15) is 16.1 Å². The van der Waals surface area contributed by atoms with E-state index in [4.69, 9.17) is 0 Å². The molecule has 0 aliphatic heterocycles. The third kappa shape index (κ3) is 2.84. The van der Waals surface area contributed by atoms with Crippen LogP contribution in [0.4, 0.5) is 5.69 Å². The summed E-state index contributed by atoms with van der Waals surface area (Å²) in [5.41, 5.74) is 4.31. The second-order valence-electron chi connectivity index (χ2n) is 5.02. The number of aromatic nitrogens is 3. The van der Waals surface area contributed by atoms with Gasteiger partial charge in [0.1, 0.15) is 11.3 Å². The van der Waals surface area contributed by atoms with Crippen LogP contribution in [0.15, 0.2) is 54.6 Å². The molecular formula is C16H13N5O3. The first kappa shape index (κ1) is 15.3. The van der Waals surface area contributed by atoms with Crippen LogP contribution in [-0.4, -0.2) is 25.9 Å². The van der Waals surface area contributed by atoms with E-state index in [0.717, 1.165) is 5.56 Å². The van der Waals surface area contributed by atoms with Crippen molar-refractivity contribution in [1.29, 1.82) is 0 Å². The molecule has 2 aromatic carbocycles. The Morgan fingerprint density at radius 2 is 1.79 bits per heavy atom. The van der Waals surface area contributed by atoms with Crippen molar-refractivity contribution in [2.45, 2.75) is 6.92 Å². The van der Waals surface area contributed by atoms with E-state index in [0.29, 0.717) is 11.4 Å². The Balaban J connectivity index is 1.89. The maximum atomic E-state index is 12.3. The normalized spacial score (nSPS) is 10.4. The number of benzene rings is 2. The van der Waals surface area contributed by atoms with Crippen molar-refractivity contribution >= 4 is 11.6 Å². The summed E-state index contributed by atoms with van der Waals surface area (Å²) >= 11 is 0. The first-order chi connectivity index (χ1) is 11.6. The summed E-state index contributed by atoms with van der Waals surface area (Å²) in [6, 6.07) is 15.1. The van der Waals surface area contributed by atoms with Crippen LogP contribution in [0.2, 0.25) is 0 Å². The monoisotopic (exact) mass is 323 g/mol. The third-order valence-electron chi connectivity index (χ3n) is 3.49. The molecular weight excluding hydrogens is 310 g/mol. The molecule has 0 saturated carbocycles. The lowest BCUT2D eigenvalue weighted by Crippen LogP contribution is -2.25. The summed E-state index contributed by atoms with van der Waals surface area (Å²) in [5, 5.41) is 19.0. The lowest BCUT2D eigenvalue weighted by molar-refractivity contribution is -0.385. The van der Waals surface area contributed by atoms with Crippen LogP contribution < -0.4 is 5.43 Å². The van der Waals surface area contributed by atoms with E-state index in [1.807, 2.05) is 30.3 Å². The molecule has 0 saturated heterocycles. The fourth-order valence-electron chi connectivity index (χ4n) is 2.28. The topological polar surface area (TPSA) is 103 Å². The SMILES string of the molecule is Cc1c(-c2ccccc2)nnn1NC(=O)c1ccccc1[N+](=O)[O-]. The molecule has 0 spiro atoms. The summed E-state index contributed by atoms with van der Waals surface area (Å²) in [4.78, 5) is 24.0. The molecule has 0 atom stereocenters. The van der Waals surface area contributed by atoms with Gasteiger partial charge in [-0.3, -0.25) is 14.9 Å². The maximum Gasteiger partial charge on any atom is 0.282 e. The molecule has 120 valence electrons. The second kappa shape index (κ2) is 6.29. The van der Waals surface area contributed by atoms with Gasteiger partial charge in [-0.1, -0.05) is 42.5 Å². The van der Waals surface area contributed by atoms with Crippen molar-refractivity contribution < 1.29 is 9.72 Å². The first-order valence-corrected chi connectivity index (χ1v) is 7.10. The van der Waals surface area contributed by atoms with Crippen molar-refractivity contribution in [3.05, 3.63) is 76.0 Å². The zero-order valence-corrected chi connectivity index (χ0v) is 12.7. The molecule has 0 fully saturated rings. The molecule has 0 bridgehead atoms. The average molecular weight is 323 g/mol. The number of rotatable bonds is 4. The van der Waals surface area contributed by atoms with Crippen LogP contribution in [0.3, 0.4) is 0 Å². The molecule has 3 aromatic rings. The van der Waals surface area contributed by atoms with Gasteiger partial charge < -0.3 is 0 Å². The van der Waals surface area contributed by atoms with E-state index in [9.17, 15) is 14.9 Å². The number of nitrogens with one attached hydrogen (secondary N) is 1. The molecule has 1 aromatic heterocycles.